The van der Waals surface area contributed by atoms with Crippen LogP contribution in [0.1, 0.15) is 18.5 Å². The number of benzene rings is 2. The average molecular weight is 353 g/mol. The molecule has 1 unspecified atom stereocenters. The van der Waals surface area contributed by atoms with Gasteiger partial charge in [0, 0.05) is 23.2 Å². The molecular formula is C15H14BrFN2O2. The van der Waals surface area contributed by atoms with Gasteiger partial charge >= 0.3 is 0 Å². The molecule has 6 heteroatoms. The van der Waals surface area contributed by atoms with Crippen molar-refractivity contribution in [2.24, 2.45) is 0 Å². The molecule has 0 amide bonds. The van der Waals surface area contributed by atoms with Gasteiger partial charge in [0.2, 0.25) is 0 Å². The summed E-state index contributed by atoms with van der Waals surface area (Å²) in [4.78, 5) is 12.4. The topological polar surface area (TPSA) is 46.4 Å². The molecule has 2 rings (SSSR count). The first-order valence-corrected chi connectivity index (χ1v) is 7.12. The first kappa shape index (κ1) is 15.4. The summed E-state index contributed by atoms with van der Waals surface area (Å²) in [5, 5.41) is 11.2. The SMILES string of the molecule is CC(c1ccccc1F)N(C)c1ccc(Br)cc1[N+](=O)[O-]. The van der Waals surface area contributed by atoms with E-state index < -0.39 is 4.92 Å². The van der Waals surface area contributed by atoms with Crippen LogP contribution in [-0.2, 0) is 0 Å². The lowest BCUT2D eigenvalue weighted by Crippen LogP contribution is -2.23. The minimum Gasteiger partial charge on any atom is -0.362 e. The van der Waals surface area contributed by atoms with Gasteiger partial charge in [-0.05, 0) is 25.1 Å². The van der Waals surface area contributed by atoms with Crippen molar-refractivity contribution in [3.05, 3.63) is 68.4 Å². The van der Waals surface area contributed by atoms with Crippen LogP contribution in [0.5, 0.6) is 0 Å². The maximum atomic E-state index is 13.9. The summed E-state index contributed by atoms with van der Waals surface area (Å²) in [5.41, 5.74) is 0.922. The van der Waals surface area contributed by atoms with Crippen LogP contribution in [0.25, 0.3) is 0 Å². The Morgan fingerprint density at radius 1 is 1.29 bits per heavy atom. The lowest BCUT2D eigenvalue weighted by Gasteiger charge is -2.27. The maximum absolute atomic E-state index is 13.9. The fraction of sp³-hybridized carbons (Fsp3) is 0.200. The van der Waals surface area contributed by atoms with Crippen molar-refractivity contribution in [2.45, 2.75) is 13.0 Å². The van der Waals surface area contributed by atoms with Crippen LogP contribution in [0.15, 0.2) is 46.9 Å². The van der Waals surface area contributed by atoms with E-state index >= 15 is 0 Å². The highest BCUT2D eigenvalue weighted by molar-refractivity contribution is 9.10. The largest absolute Gasteiger partial charge is 0.362 e. The third-order valence-corrected chi connectivity index (χ3v) is 3.94. The quantitative estimate of drug-likeness (QED) is 0.592. The highest BCUT2D eigenvalue weighted by Crippen LogP contribution is 2.35. The van der Waals surface area contributed by atoms with Crippen molar-refractivity contribution in [3.63, 3.8) is 0 Å². The van der Waals surface area contributed by atoms with Gasteiger partial charge in [0.25, 0.3) is 5.69 Å². The van der Waals surface area contributed by atoms with Gasteiger partial charge in [0.15, 0.2) is 0 Å². The van der Waals surface area contributed by atoms with Crippen LogP contribution in [-0.4, -0.2) is 12.0 Å². The minimum absolute atomic E-state index is 0.0185. The Morgan fingerprint density at radius 3 is 2.57 bits per heavy atom. The molecule has 0 saturated carbocycles. The lowest BCUT2D eigenvalue weighted by molar-refractivity contribution is -0.384. The first-order chi connectivity index (χ1) is 9.91. The van der Waals surface area contributed by atoms with E-state index in [0.717, 1.165) is 0 Å². The molecule has 0 bridgehead atoms. The van der Waals surface area contributed by atoms with Crippen molar-refractivity contribution in [2.75, 3.05) is 11.9 Å². The summed E-state index contributed by atoms with van der Waals surface area (Å²) in [6.07, 6.45) is 0. The monoisotopic (exact) mass is 352 g/mol. The number of halogens is 2. The summed E-state index contributed by atoms with van der Waals surface area (Å²) < 4.78 is 14.5. The summed E-state index contributed by atoms with van der Waals surface area (Å²) in [6.45, 7) is 1.81. The molecule has 21 heavy (non-hydrogen) atoms. The predicted molar refractivity (Wildman–Crippen MR) is 84.0 cm³/mol. The van der Waals surface area contributed by atoms with Gasteiger partial charge in [0.1, 0.15) is 11.5 Å². The number of rotatable bonds is 4. The molecule has 2 aromatic carbocycles. The van der Waals surface area contributed by atoms with Crippen LogP contribution in [0.2, 0.25) is 0 Å². The van der Waals surface area contributed by atoms with Gasteiger partial charge in [-0.25, -0.2) is 4.39 Å². The fourth-order valence-electron chi connectivity index (χ4n) is 2.17. The van der Waals surface area contributed by atoms with E-state index in [0.29, 0.717) is 15.7 Å². The van der Waals surface area contributed by atoms with Gasteiger partial charge < -0.3 is 4.90 Å². The second-order valence-electron chi connectivity index (χ2n) is 4.70. The van der Waals surface area contributed by atoms with Gasteiger partial charge in [-0.3, -0.25) is 10.1 Å². The highest BCUT2D eigenvalue weighted by atomic mass is 79.9. The number of nitro benzene ring substituents is 1. The first-order valence-electron chi connectivity index (χ1n) is 6.33. The van der Waals surface area contributed by atoms with Crippen LogP contribution in [0, 0.1) is 15.9 Å². The van der Waals surface area contributed by atoms with Gasteiger partial charge in [-0.1, -0.05) is 34.1 Å². The molecule has 0 fully saturated rings. The van der Waals surface area contributed by atoms with Crippen molar-refractivity contribution in [1.29, 1.82) is 0 Å². The van der Waals surface area contributed by atoms with E-state index in [4.69, 9.17) is 0 Å². The molecule has 0 aliphatic rings. The van der Waals surface area contributed by atoms with Gasteiger partial charge in [-0.2, -0.15) is 0 Å². The highest BCUT2D eigenvalue weighted by Gasteiger charge is 2.23. The van der Waals surface area contributed by atoms with Crippen molar-refractivity contribution in [1.82, 2.24) is 0 Å². The second-order valence-corrected chi connectivity index (χ2v) is 5.61. The Kier molecular flexibility index (Phi) is 4.57. The van der Waals surface area contributed by atoms with Crippen molar-refractivity contribution >= 4 is 27.3 Å². The molecular weight excluding hydrogens is 339 g/mol. The van der Waals surface area contributed by atoms with Crippen molar-refractivity contribution < 1.29 is 9.31 Å². The molecule has 1 atom stereocenters. The zero-order chi connectivity index (χ0) is 15.6. The van der Waals surface area contributed by atoms with Crippen LogP contribution < -0.4 is 4.90 Å². The average Bonchev–Trinajstić information content (AvgIpc) is 2.46. The molecule has 110 valence electrons. The molecule has 0 aliphatic carbocycles. The number of hydrogen-bond donors (Lipinski definition) is 0. The van der Waals surface area contributed by atoms with Crippen LogP contribution >= 0.6 is 15.9 Å². The maximum Gasteiger partial charge on any atom is 0.293 e. The molecule has 0 heterocycles. The zero-order valence-corrected chi connectivity index (χ0v) is 13.2. The Bertz CT molecular complexity index is 678. The van der Waals surface area contributed by atoms with Crippen LogP contribution in [0.3, 0.4) is 0 Å². The Labute approximate surface area is 130 Å². The zero-order valence-electron chi connectivity index (χ0n) is 11.6. The molecule has 0 aliphatic heterocycles. The summed E-state index contributed by atoms with van der Waals surface area (Å²) in [7, 11) is 1.72. The smallest absolute Gasteiger partial charge is 0.293 e. The molecule has 0 aromatic heterocycles. The fourth-order valence-corrected chi connectivity index (χ4v) is 2.52. The minimum atomic E-state index is -0.440. The van der Waals surface area contributed by atoms with E-state index in [9.17, 15) is 14.5 Å². The molecule has 0 saturated heterocycles. The summed E-state index contributed by atoms with van der Waals surface area (Å²) >= 11 is 3.22. The Balaban J connectivity index is 2.43. The lowest BCUT2D eigenvalue weighted by atomic mass is 10.1. The number of anilines is 1. The Hall–Kier alpha value is -1.95. The van der Waals surface area contributed by atoms with Gasteiger partial charge in [0.05, 0.1) is 11.0 Å². The Morgan fingerprint density at radius 2 is 1.95 bits per heavy atom. The number of nitrogens with zero attached hydrogens (tertiary/aromatic N) is 2. The molecule has 2 aromatic rings. The van der Waals surface area contributed by atoms with E-state index in [1.165, 1.54) is 12.1 Å². The molecule has 0 spiro atoms. The van der Waals surface area contributed by atoms with Crippen LogP contribution in [0.4, 0.5) is 15.8 Å². The standard InChI is InChI=1S/C15H14BrFN2O2/c1-10(12-5-3-4-6-13(12)17)18(2)14-8-7-11(16)9-15(14)19(20)21/h3-10H,1-2H3. The second kappa shape index (κ2) is 6.22. The third-order valence-electron chi connectivity index (χ3n) is 3.45. The molecule has 0 radical (unpaired) electrons. The van der Waals surface area contributed by atoms with E-state index in [1.807, 2.05) is 6.92 Å². The molecule has 4 nitrogen and oxygen atoms in total. The van der Waals surface area contributed by atoms with E-state index in [1.54, 1.807) is 42.3 Å². The van der Waals surface area contributed by atoms with E-state index in [-0.39, 0.29) is 17.5 Å². The summed E-state index contributed by atoms with van der Waals surface area (Å²) in [6, 6.07) is 10.9. The van der Waals surface area contributed by atoms with Gasteiger partial charge in [-0.15, -0.1) is 0 Å². The number of nitro groups is 1. The number of hydrogen-bond acceptors (Lipinski definition) is 3. The normalized spacial score (nSPS) is 12.0. The molecule has 0 N–H and O–H groups in total. The summed E-state index contributed by atoms with van der Waals surface area (Å²) in [5.74, 6) is -0.323. The van der Waals surface area contributed by atoms with Crippen molar-refractivity contribution in [3.8, 4) is 0 Å². The third kappa shape index (κ3) is 3.21. The predicted octanol–water partition coefficient (Wildman–Crippen LogP) is 4.69. The van der Waals surface area contributed by atoms with E-state index in [2.05, 4.69) is 15.9 Å².